The van der Waals surface area contributed by atoms with E-state index in [1.807, 2.05) is 12.1 Å². The van der Waals surface area contributed by atoms with Gasteiger partial charge in [0, 0.05) is 17.3 Å². The molecule has 2 amide bonds. The third kappa shape index (κ3) is 7.71. The monoisotopic (exact) mass is 337 g/mol. The van der Waals surface area contributed by atoms with Gasteiger partial charge in [-0.05, 0) is 63.5 Å². The van der Waals surface area contributed by atoms with E-state index in [1.165, 1.54) is 51.7 Å². The summed E-state index contributed by atoms with van der Waals surface area (Å²) in [4.78, 5) is 14.4. The van der Waals surface area contributed by atoms with Gasteiger partial charge in [0.05, 0.1) is 0 Å². The molecule has 1 heterocycles. The van der Waals surface area contributed by atoms with Crippen LogP contribution in [-0.2, 0) is 0 Å². The van der Waals surface area contributed by atoms with E-state index in [2.05, 4.69) is 15.5 Å². The van der Waals surface area contributed by atoms with Gasteiger partial charge in [-0.15, -0.1) is 0 Å². The molecule has 0 saturated carbocycles. The Balaban J connectivity index is 1.50. The van der Waals surface area contributed by atoms with Gasteiger partial charge in [0.25, 0.3) is 0 Å². The Morgan fingerprint density at radius 3 is 2.61 bits per heavy atom. The Kier molecular flexibility index (Phi) is 8.26. The van der Waals surface area contributed by atoms with Crippen LogP contribution in [-0.4, -0.2) is 37.1 Å². The van der Waals surface area contributed by atoms with Crippen molar-refractivity contribution in [3.63, 3.8) is 0 Å². The molecule has 0 unspecified atom stereocenters. The van der Waals surface area contributed by atoms with Gasteiger partial charge in [0.15, 0.2) is 0 Å². The molecule has 0 spiro atoms. The lowest BCUT2D eigenvalue weighted by molar-refractivity contribution is 0.251. The van der Waals surface area contributed by atoms with Crippen LogP contribution in [0.1, 0.15) is 44.9 Å². The fourth-order valence-electron chi connectivity index (χ4n) is 2.94. The van der Waals surface area contributed by atoms with E-state index in [9.17, 15) is 4.79 Å². The molecule has 4 nitrogen and oxygen atoms in total. The van der Waals surface area contributed by atoms with Crippen LogP contribution in [0, 0.1) is 0 Å². The van der Waals surface area contributed by atoms with Crippen molar-refractivity contribution < 1.29 is 4.79 Å². The van der Waals surface area contributed by atoms with Crippen molar-refractivity contribution in [2.75, 3.05) is 31.5 Å². The molecule has 1 aliphatic rings. The summed E-state index contributed by atoms with van der Waals surface area (Å²) in [6, 6.07) is 7.00. The van der Waals surface area contributed by atoms with E-state index in [1.54, 1.807) is 12.1 Å². The summed E-state index contributed by atoms with van der Waals surface area (Å²) in [5.74, 6) is 0. The number of carbonyl (C=O) groups excluding carboxylic acids is 1. The highest BCUT2D eigenvalue weighted by Crippen LogP contribution is 2.14. The first-order valence-electron chi connectivity index (χ1n) is 8.77. The zero-order chi connectivity index (χ0) is 16.3. The van der Waals surface area contributed by atoms with Crippen molar-refractivity contribution in [1.82, 2.24) is 10.2 Å². The van der Waals surface area contributed by atoms with Gasteiger partial charge in [0.1, 0.15) is 0 Å². The smallest absolute Gasteiger partial charge is 0.319 e. The van der Waals surface area contributed by atoms with Crippen molar-refractivity contribution in [3.05, 3.63) is 29.3 Å². The number of unbranched alkanes of at least 4 members (excludes halogenated alkanes) is 2. The molecule has 1 saturated heterocycles. The molecular formula is C18H28ClN3O. The standard InChI is InChI=1S/C18H28ClN3O/c19-16-9-8-10-17(15-16)21-18(23)20-11-4-3-7-14-22-12-5-1-2-6-13-22/h8-10,15H,1-7,11-14H2,(H2,20,21,23). The Hall–Kier alpha value is -1.26. The number of anilines is 1. The lowest BCUT2D eigenvalue weighted by Crippen LogP contribution is -2.29. The SMILES string of the molecule is O=C(NCCCCCN1CCCCCC1)Nc1cccc(Cl)c1. The second-order valence-electron chi connectivity index (χ2n) is 6.21. The number of urea groups is 1. The number of hydrogen-bond donors (Lipinski definition) is 2. The van der Waals surface area contributed by atoms with Gasteiger partial charge in [-0.2, -0.15) is 0 Å². The molecule has 1 aliphatic heterocycles. The van der Waals surface area contributed by atoms with Crippen LogP contribution in [0.2, 0.25) is 5.02 Å². The molecule has 2 N–H and O–H groups in total. The Morgan fingerprint density at radius 2 is 1.87 bits per heavy atom. The second-order valence-corrected chi connectivity index (χ2v) is 6.64. The van der Waals surface area contributed by atoms with Crippen LogP contribution >= 0.6 is 11.6 Å². The van der Waals surface area contributed by atoms with Crippen molar-refractivity contribution in [1.29, 1.82) is 0 Å². The first-order chi connectivity index (χ1) is 11.2. The van der Waals surface area contributed by atoms with Crippen LogP contribution in [0.5, 0.6) is 0 Å². The van der Waals surface area contributed by atoms with Gasteiger partial charge >= 0.3 is 6.03 Å². The number of rotatable bonds is 7. The summed E-state index contributed by atoms with van der Waals surface area (Å²) in [5, 5.41) is 6.30. The van der Waals surface area contributed by atoms with Gasteiger partial charge < -0.3 is 15.5 Å². The molecule has 0 bridgehead atoms. The van der Waals surface area contributed by atoms with E-state index in [0.717, 1.165) is 18.5 Å². The highest BCUT2D eigenvalue weighted by Gasteiger charge is 2.08. The van der Waals surface area contributed by atoms with E-state index in [4.69, 9.17) is 11.6 Å². The van der Waals surface area contributed by atoms with E-state index >= 15 is 0 Å². The first kappa shape index (κ1) is 18.1. The minimum absolute atomic E-state index is 0.167. The molecule has 23 heavy (non-hydrogen) atoms. The number of likely N-dealkylation sites (tertiary alicyclic amines) is 1. The van der Waals surface area contributed by atoms with Gasteiger partial charge in [0.2, 0.25) is 0 Å². The fourth-order valence-corrected chi connectivity index (χ4v) is 3.13. The summed E-state index contributed by atoms with van der Waals surface area (Å²) in [7, 11) is 0. The van der Waals surface area contributed by atoms with Crippen LogP contribution in [0.25, 0.3) is 0 Å². The quantitative estimate of drug-likeness (QED) is 0.719. The number of carbonyl (C=O) groups is 1. The number of halogens is 1. The van der Waals surface area contributed by atoms with Gasteiger partial charge in [-0.25, -0.2) is 4.79 Å². The Morgan fingerprint density at radius 1 is 1.09 bits per heavy atom. The lowest BCUT2D eigenvalue weighted by Gasteiger charge is -2.19. The maximum atomic E-state index is 11.8. The van der Waals surface area contributed by atoms with Crippen LogP contribution in [0.3, 0.4) is 0 Å². The minimum atomic E-state index is -0.167. The third-order valence-corrected chi connectivity index (χ3v) is 4.45. The first-order valence-corrected chi connectivity index (χ1v) is 9.14. The predicted octanol–water partition coefficient (Wildman–Crippen LogP) is 4.51. The summed E-state index contributed by atoms with van der Waals surface area (Å²) in [5.41, 5.74) is 0.719. The maximum absolute atomic E-state index is 11.8. The molecule has 1 aromatic carbocycles. The lowest BCUT2D eigenvalue weighted by atomic mass is 10.2. The zero-order valence-corrected chi connectivity index (χ0v) is 14.6. The number of hydrogen-bond acceptors (Lipinski definition) is 2. The molecular weight excluding hydrogens is 310 g/mol. The van der Waals surface area contributed by atoms with E-state index < -0.39 is 0 Å². The van der Waals surface area contributed by atoms with Crippen LogP contribution in [0.15, 0.2) is 24.3 Å². The van der Waals surface area contributed by atoms with Crippen molar-refractivity contribution in [2.45, 2.75) is 44.9 Å². The predicted molar refractivity (Wildman–Crippen MR) is 97.2 cm³/mol. The number of benzene rings is 1. The van der Waals surface area contributed by atoms with Crippen molar-refractivity contribution in [2.24, 2.45) is 0 Å². The summed E-state index contributed by atoms with van der Waals surface area (Å²) < 4.78 is 0. The Bertz CT molecular complexity index is 473. The topological polar surface area (TPSA) is 44.4 Å². The van der Waals surface area contributed by atoms with Crippen LogP contribution < -0.4 is 10.6 Å². The molecule has 1 fully saturated rings. The number of nitrogens with zero attached hydrogens (tertiary/aromatic N) is 1. The third-order valence-electron chi connectivity index (χ3n) is 4.22. The minimum Gasteiger partial charge on any atom is -0.338 e. The van der Waals surface area contributed by atoms with Crippen molar-refractivity contribution >= 4 is 23.3 Å². The Labute approximate surface area is 144 Å². The largest absolute Gasteiger partial charge is 0.338 e. The molecule has 0 radical (unpaired) electrons. The molecule has 5 heteroatoms. The molecule has 128 valence electrons. The molecule has 0 aliphatic carbocycles. The van der Waals surface area contributed by atoms with Gasteiger partial charge in [-0.3, -0.25) is 0 Å². The molecule has 2 rings (SSSR count). The highest BCUT2D eigenvalue weighted by molar-refractivity contribution is 6.30. The summed E-state index contributed by atoms with van der Waals surface area (Å²) in [6.45, 7) is 4.45. The zero-order valence-electron chi connectivity index (χ0n) is 13.8. The van der Waals surface area contributed by atoms with Crippen LogP contribution in [0.4, 0.5) is 10.5 Å². The average Bonchev–Trinajstić information content (AvgIpc) is 2.79. The molecule has 1 aromatic rings. The number of nitrogens with one attached hydrogen (secondary N) is 2. The maximum Gasteiger partial charge on any atom is 0.319 e. The molecule has 0 atom stereocenters. The summed E-state index contributed by atoms with van der Waals surface area (Å²) in [6.07, 6.45) is 8.89. The van der Waals surface area contributed by atoms with E-state index in [-0.39, 0.29) is 6.03 Å². The average molecular weight is 338 g/mol. The fraction of sp³-hybridized carbons (Fsp3) is 0.611. The second kappa shape index (κ2) is 10.5. The normalized spacial score (nSPS) is 15.9. The van der Waals surface area contributed by atoms with Crippen molar-refractivity contribution in [3.8, 4) is 0 Å². The molecule has 0 aromatic heterocycles. The van der Waals surface area contributed by atoms with E-state index in [0.29, 0.717) is 11.6 Å². The highest BCUT2D eigenvalue weighted by atomic mass is 35.5. The number of amides is 2. The summed E-state index contributed by atoms with van der Waals surface area (Å²) >= 11 is 5.89. The van der Waals surface area contributed by atoms with Gasteiger partial charge in [-0.1, -0.05) is 36.9 Å².